The molecule has 0 spiro atoms. The highest BCUT2D eigenvalue weighted by atomic mass is 16.5. The average molecular weight is 486 g/mol. The molecule has 5 rings (SSSR count). The molecule has 3 aromatic carbocycles. The number of rotatable bonds is 6. The van der Waals surface area contributed by atoms with Gasteiger partial charge < -0.3 is 28.9 Å². The molecule has 36 heavy (non-hydrogen) atoms. The highest BCUT2D eigenvalue weighted by molar-refractivity contribution is 5.84. The molecule has 0 bridgehead atoms. The summed E-state index contributed by atoms with van der Waals surface area (Å²) in [5.74, 6) is 2.63. The van der Waals surface area contributed by atoms with E-state index in [-0.39, 0.29) is 11.1 Å². The fourth-order valence-electron chi connectivity index (χ4n) is 3.99. The molecule has 182 valence electrons. The van der Waals surface area contributed by atoms with E-state index >= 15 is 0 Å². The molecule has 0 aliphatic rings. The summed E-state index contributed by atoms with van der Waals surface area (Å²) in [6.45, 7) is 0. The van der Waals surface area contributed by atoms with E-state index in [9.17, 15) is 9.59 Å². The monoisotopic (exact) mass is 486 g/mol. The summed E-state index contributed by atoms with van der Waals surface area (Å²) < 4.78 is 21.2. The minimum atomic E-state index is -0.301. The average Bonchev–Trinajstić information content (AvgIpc) is 2.91. The van der Waals surface area contributed by atoms with Gasteiger partial charge in [0.1, 0.15) is 11.6 Å². The molecule has 0 unspecified atom stereocenters. The van der Waals surface area contributed by atoms with Gasteiger partial charge in [-0.3, -0.25) is 9.59 Å². The lowest BCUT2D eigenvalue weighted by Gasteiger charge is -2.10. The Morgan fingerprint density at radius 1 is 0.556 bits per heavy atom. The van der Waals surface area contributed by atoms with Gasteiger partial charge in [0.15, 0.2) is 23.0 Å². The number of H-pyrrole nitrogens is 2. The molecule has 0 radical (unpaired) electrons. The second kappa shape index (κ2) is 9.06. The lowest BCUT2D eigenvalue weighted by molar-refractivity contribution is 0.355. The minimum absolute atomic E-state index is 0.301. The Balaban J connectivity index is 1.55. The van der Waals surface area contributed by atoms with Crippen molar-refractivity contribution in [3.63, 3.8) is 0 Å². The van der Waals surface area contributed by atoms with E-state index in [4.69, 9.17) is 18.9 Å². The third-order valence-corrected chi connectivity index (χ3v) is 5.85. The van der Waals surface area contributed by atoms with Crippen molar-refractivity contribution >= 4 is 21.8 Å². The van der Waals surface area contributed by atoms with Crippen LogP contribution in [-0.2, 0) is 0 Å². The molecule has 10 nitrogen and oxygen atoms in total. The molecule has 0 aliphatic carbocycles. The highest BCUT2D eigenvalue weighted by Gasteiger charge is 2.14. The van der Waals surface area contributed by atoms with Gasteiger partial charge in [-0.15, -0.1) is 0 Å². The lowest BCUT2D eigenvalue weighted by atomic mass is 10.1. The van der Waals surface area contributed by atoms with Gasteiger partial charge in [-0.25, -0.2) is 9.97 Å². The van der Waals surface area contributed by atoms with E-state index < -0.39 is 0 Å². The van der Waals surface area contributed by atoms with E-state index in [2.05, 4.69) is 19.9 Å². The van der Waals surface area contributed by atoms with Crippen LogP contribution in [0, 0.1) is 0 Å². The number of methoxy groups -OCH3 is 4. The molecule has 0 saturated carbocycles. The topological polar surface area (TPSA) is 128 Å². The first-order valence-electron chi connectivity index (χ1n) is 10.9. The third-order valence-electron chi connectivity index (χ3n) is 5.85. The van der Waals surface area contributed by atoms with Crippen molar-refractivity contribution in [1.82, 2.24) is 19.9 Å². The first kappa shape index (κ1) is 22.9. The van der Waals surface area contributed by atoms with Crippen molar-refractivity contribution < 1.29 is 18.9 Å². The van der Waals surface area contributed by atoms with E-state index in [1.165, 1.54) is 28.4 Å². The number of hydrogen-bond acceptors (Lipinski definition) is 8. The highest BCUT2D eigenvalue weighted by Crippen LogP contribution is 2.32. The summed E-state index contributed by atoms with van der Waals surface area (Å²) >= 11 is 0. The summed E-state index contributed by atoms with van der Waals surface area (Å²) in [5, 5.41) is 0.774. The molecule has 0 saturated heterocycles. The van der Waals surface area contributed by atoms with Crippen molar-refractivity contribution in [3.05, 3.63) is 69.2 Å². The molecule has 10 heteroatoms. The fourth-order valence-corrected chi connectivity index (χ4v) is 3.99. The predicted octanol–water partition coefficient (Wildman–Crippen LogP) is 3.53. The number of nitrogens with zero attached hydrogens (tertiary/aromatic N) is 2. The maximum atomic E-state index is 12.7. The zero-order valence-electron chi connectivity index (χ0n) is 20.0. The largest absolute Gasteiger partial charge is 0.493 e. The maximum absolute atomic E-state index is 12.7. The lowest BCUT2D eigenvalue weighted by Crippen LogP contribution is -2.10. The third kappa shape index (κ3) is 3.88. The number of aromatic nitrogens is 4. The second-order valence-corrected chi connectivity index (χ2v) is 7.86. The fraction of sp³-hybridized carbons (Fsp3) is 0.154. The van der Waals surface area contributed by atoms with Crippen molar-refractivity contribution in [2.45, 2.75) is 0 Å². The number of fused-ring (bicyclic) bond motifs is 2. The van der Waals surface area contributed by atoms with Gasteiger partial charge in [0.25, 0.3) is 11.1 Å². The molecule has 5 aromatic rings. The Bertz CT molecular complexity index is 1600. The Morgan fingerprint density at radius 2 is 0.889 bits per heavy atom. The Kier molecular flexibility index (Phi) is 5.77. The molecule has 2 heterocycles. The van der Waals surface area contributed by atoms with Gasteiger partial charge in [0.05, 0.1) is 50.2 Å². The Hall–Kier alpha value is -4.86. The van der Waals surface area contributed by atoms with Crippen molar-refractivity contribution in [2.24, 2.45) is 0 Å². The second-order valence-electron chi connectivity index (χ2n) is 7.86. The van der Waals surface area contributed by atoms with Crippen molar-refractivity contribution in [2.75, 3.05) is 28.4 Å². The van der Waals surface area contributed by atoms with Crippen LogP contribution in [0.4, 0.5) is 0 Å². The van der Waals surface area contributed by atoms with E-state index in [1.54, 1.807) is 48.5 Å². The summed E-state index contributed by atoms with van der Waals surface area (Å²) in [6, 6.07) is 13.7. The van der Waals surface area contributed by atoms with Crippen LogP contribution in [0.25, 0.3) is 44.6 Å². The SMILES string of the molecule is COc1cc2nc(-c3ccc(-c4nc5cc(OC)c(OC)cc5c(=O)[nH]4)cc3)[nH]c(=O)c2cc1OC. The number of nitrogens with one attached hydrogen (secondary N) is 2. The molecule has 0 atom stereocenters. The van der Waals surface area contributed by atoms with Crippen LogP contribution in [0.1, 0.15) is 0 Å². The normalized spacial score (nSPS) is 11.0. The van der Waals surface area contributed by atoms with Crippen molar-refractivity contribution in [1.29, 1.82) is 0 Å². The quantitative estimate of drug-likeness (QED) is 0.373. The number of hydrogen-bond donors (Lipinski definition) is 2. The molecular formula is C26H22N4O6. The number of ether oxygens (including phenoxy) is 4. The van der Waals surface area contributed by atoms with Crippen LogP contribution in [-0.4, -0.2) is 48.4 Å². The first-order valence-corrected chi connectivity index (χ1v) is 10.9. The predicted molar refractivity (Wildman–Crippen MR) is 135 cm³/mol. The van der Waals surface area contributed by atoms with E-state index in [0.29, 0.717) is 67.6 Å². The van der Waals surface area contributed by atoms with Crippen LogP contribution in [0.2, 0.25) is 0 Å². The van der Waals surface area contributed by atoms with Crippen molar-refractivity contribution in [3.8, 4) is 45.8 Å². The zero-order valence-corrected chi connectivity index (χ0v) is 20.0. The van der Waals surface area contributed by atoms with Crippen LogP contribution < -0.4 is 30.1 Å². The molecule has 2 N–H and O–H groups in total. The van der Waals surface area contributed by atoms with Gasteiger partial charge in [0.2, 0.25) is 0 Å². The molecular weight excluding hydrogens is 464 g/mol. The van der Waals surface area contributed by atoms with Gasteiger partial charge >= 0.3 is 0 Å². The van der Waals surface area contributed by atoms with Gasteiger partial charge in [0, 0.05) is 23.3 Å². The smallest absolute Gasteiger partial charge is 0.259 e. The molecule has 0 aliphatic heterocycles. The molecule has 2 aromatic heterocycles. The summed E-state index contributed by atoms with van der Waals surface area (Å²) in [5.41, 5.74) is 1.71. The zero-order chi connectivity index (χ0) is 25.4. The Morgan fingerprint density at radius 3 is 1.22 bits per heavy atom. The van der Waals surface area contributed by atoms with Crippen LogP contribution in [0.5, 0.6) is 23.0 Å². The van der Waals surface area contributed by atoms with Crippen LogP contribution in [0.3, 0.4) is 0 Å². The first-order chi connectivity index (χ1) is 17.4. The summed E-state index contributed by atoms with van der Waals surface area (Å²) in [7, 11) is 6.06. The minimum Gasteiger partial charge on any atom is -0.493 e. The summed E-state index contributed by atoms with van der Waals surface area (Å²) in [4.78, 5) is 40.3. The maximum Gasteiger partial charge on any atom is 0.259 e. The van der Waals surface area contributed by atoms with Crippen LogP contribution >= 0.6 is 0 Å². The van der Waals surface area contributed by atoms with E-state index in [1.807, 2.05) is 0 Å². The van der Waals surface area contributed by atoms with Gasteiger partial charge in [-0.2, -0.15) is 0 Å². The number of aromatic amines is 2. The molecule has 0 fully saturated rings. The molecule has 0 amide bonds. The summed E-state index contributed by atoms with van der Waals surface area (Å²) in [6.07, 6.45) is 0. The Labute approximate surface area is 204 Å². The standard InChI is InChI=1S/C26H22N4O6/c1-33-19-9-15-17(11-21(19)35-3)27-23(29-25(15)31)13-5-7-14(8-6-13)24-28-18-12-22(36-4)20(34-2)10-16(18)26(32)30-24/h5-12H,1-4H3,(H,27,29,31)(H,28,30,32). The van der Waals surface area contributed by atoms with Crippen LogP contribution in [0.15, 0.2) is 58.1 Å². The number of benzene rings is 3. The van der Waals surface area contributed by atoms with Gasteiger partial charge in [-0.1, -0.05) is 24.3 Å². The van der Waals surface area contributed by atoms with Gasteiger partial charge in [-0.05, 0) is 12.1 Å². The van der Waals surface area contributed by atoms with E-state index in [0.717, 1.165) is 0 Å².